The van der Waals surface area contributed by atoms with Crippen LogP contribution in [-0.2, 0) is 4.57 Å². The Hall–Kier alpha value is -0.0100. The largest absolute Gasteiger partial charge is 0.466 e. The van der Waals surface area contributed by atoms with Crippen LogP contribution in [0.4, 0.5) is 0 Å². The molecule has 0 radical (unpaired) electrons. The van der Waals surface area contributed by atoms with Crippen LogP contribution < -0.4 is 17.2 Å². The topological polar surface area (TPSA) is 156 Å². The fraction of sp³-hybridized carbons (Fsp3) is 1.00. The third-order valence-corrected chi connectivity index (χ3v) is 18.3. The fourth-order valence-electron chi connectivity index (χ4n) is 12.4. The highest BCUT2D eigenvalue weighted by Gasteiger charge is 2.25. The second-order valence-electron chi connectivity index (χ2n) is 27.3. The van der Waals surface area contributed by atoms with Crippen LogP contribution in [0.2, 0.25) is 0 Å². The molecule has 83 heavy (non-hydrogen) atoms. The van der Waals surface area contributed by atoms with Crippen molar-refractivity contribution in [1.29, 1.82) is 0 Å². The van der Waals surface area contributed by atoms with Crippen molar-refractivity contribution in [3.63, 3.8) is 0 Å². The minimum Gasteiger partial charge on any atom is -0.325 e. The predicted molar refractivity (Wildman–Crippen MR) is 377 cm³/mol. The molecule has 0 aliphatic carbocycles. The van der Waals surface area contributed by atoms with E-state index in [0.717, 1.165) is 0 Å². The Morgan fingerprint density at radius 2 is 0.265 bits per heavy atom. The maximum absolute atomic E-state index is 8.88. The van der Waals surface area contributed by atoms with Crippen LogP contribution in [0.3, 0.4) is 0 Å². The number of hydrogen-bond donors (Lipinski definition) is 6. The van der Waals surface area contributed by atoms with Crippen molar-refractivity contribution in [2.75, 3.05) is 0 Å². The number of hydrogen-bond acceptors (Lipinski definition) is 4. The van der Waals surface area contributed by atoms with Crippen LogP contribution in [0, 0.1) is 0 Å². The van der Waals surface area contributed by atoms with Gasteiger partial charge in [-0.3, -0.25) is 0 Å². The summed E-state index contributed by atoms with van der Waals surface area (Å²) in [7, 11) is -4.64. The Labute approximate surface area is 525 Å². The molecule has 0 bridgehead atoms. The fourth-order valence-corrected chi connectivity index (χ4v) is 12.4. The molecule has 8 heteroatoms. The summed E-state index contributed by atoms with van der Waals surface area (Å²) >= 11 is 0. The van der Waals surface area contributed by atoms with E-state index in [-0.39, 0.29) is 16.6 Å². The van der Waals surface area contributed by atoms with E-state index in [1.165, 1.54) is 405 Å². The van der Waals surface area contributed by atoms with Gasteiger partial charge in [-0.2, -0.15) is 0 Å². The summed E-state index contributed by atoms with van der Waals surface area (Å²) in [5, 5.41) is 0. The third-order valence-electron chi connectivity index (χ3n) is 18.3. The SMILES string of the molecule is CCCCCCCCC(N)(CCCCCCCC)CCCCCCCC.CCCCCCCCC(N)(CCCCCCCC)CCCCCCCC.CCCCCCCCC(N)(CCCCCCCC)CCCCCCCC.O=P(O)(O)O. The minimum atomic E-state index is -4.64. The molecule has 506 valence electrons. The Morgan fingerprint density at radius 3 is 0.349 bits per heavy atom. The first-order valence-corrected chi connectivity index (χ1v) is 39.8. The molecule has 0 aromatic carbocycles. The van der Waals surface area contributed by atoms with Crippen LogP contribution in [0.1, 0.15) is 467 Å². The van der Waals surface area contributed by atoms with Gasteiger partial charge >= 0.3 is 7.82 Å². The zero-order chi connectivity index (χ0) is 62.5. The molecule has 0 aliphatic heterocycles. The van der Waals surface area contributed by atoms with E-state index in [9.17, 15) is 0 Å². The number of phosphoric acid groups is 1. The lowest BCUT2D eigenvalue weighted by molar-refractivity contribution is 0.275. The first kappa shape index (κ1) is 89.4. The highest BCUT2D eigenvalue weighted by atomic mass is 31.2. The zero-order valence-electron chi connectivity index (χ0n) is 59.0. The highest BCUT2D eigenvalue weighted by Crippen LogP contribution is 2.31. The van der Waals surface area contributed by atoms with Gasteiger partial charge in [-0.1, -0.05) is 409 Å². The van der Waals surface area contributed by atoms with Crippen LogP contribution in [0.25, 0.3) is 0 Å². The predicted octanol–water partition coefficient (Wildman–Crippen LogP) is 25.9. The van der Waals surface area contributed by atoms with Gasteiger partial charge in [0.1, 0.15) is 0 Å². The van der Waals surface area contributed by atoms with Crippen molar-refractivity contribution in [2.45, 2.75) is 483 Å². The number of nitrogens with two attached hydrogens (primary N) is 3. The van der Waals surface area contributed by atoms with Gasteiger partial charge in [-0.05, 0) is 57.8 Å². The third kappa shape index (κ3) is 80.0. The van der Waals surface area contributed by atoms with Crippen molar-refractivity contribution >= 4 is 7.82 Å². The number of unbranched alkanes of at least 4 members (excludes halogenated alkanes) is 45. The van der Waals surface area contributed by atoms with Crippen LogP contribution in [-0.4, -0.2) is 31.3 Å². The summed E-state index contributed by atoms with van der Waals surface area (Å²) in [6.07, 6.45) is 86.4. The van der Waals surface area contributed by atoms with E-state index in [1.807, 2.05) is 0 Å². The standard InChI is InChI=1S/3C25H53N.H3O4P/c3*1-4-7-10-13-16-19-22-25(26,23-20-17-14-11-8-5-2)24-21-18-15-12-9-6-3;1-5(2,3)4/h3*4-24,26H2,1-3H3;(H3,1,2,3,4). The molecule has 0 saturated heterocycles. The molecule has 0 spiro atoms. The summed E-state index contributed by atoms with van der Waals surface area (Å²) < 4.78 is 8.88. The average Bonchev–Trinajstić information content (AvgIpc) is 3.52. The second kappa shape index (κ2) is 71.1. The molecule has 0 aromatic heterocycles. The molecule has 9 N–H and O–H groups in total. The maximum Gasteiger partial charge on any atom is 0.466 e. The molecule has 0 amide bonds. The lowest BCUT2D eigenvalue weighted by Gasteiger charge is -2.30. The van der Waals surface area contributed by atoms with Crippen molar-refractivity contribution in [3.05, 3.63) is 0 Å². The van der Waals surface area contributed by atoms with Crippen molar-refractivity contribution in [1.82, 2.24) is 0 Å². The van der Waals surface area contributed by atoms with E-state index in [0.29, 0.717) is 0 Å². The lowest BCUT2D eigenvalue weighted by Crippen LogP contribution is -2.39. The molecular weight excluding hydrogens is 1040 g/mol. The molecule has 0 aliphatic rings. The summed E-state index contributed by atoms with van der Waals surface area (Å²) in [6, 6.07) is 0. The summed E-state index contributed by atoms with van der Waals surface area (Å²) in [6.45, 7) is 20.7. The molecule has 7 nitrogen and oxygen atoms in total. The van der Waals surface area contributed by atoms with Gasteiger partial charge in [0.2, 0.25) is 0 Å². The Bertz CT molecular complexity index is 957. The second-order valence-corrected chi connectivity index (χ2v) is 28.3. The van der Waals surface area contributed by atoms with E-state index in [1.54, 1.807) is 0 Å². The average molecular weight is 1200 g/mol. The van der Waals surface area contributed by atoms with Crippen LogP contribution >= 0.6 is 7.82 Å². The maximum atomic E-state index is 8.88. The summed E-state index contributed by atoms with van der Waals surface area (Å²) in [4.78, 5) is 21.6. The molecule has 0 saturated carbocycles. The lowest BCUT2D eigenvalue weighted by atomic mass is 9.82. The van der Waals surface area contributed by atoms with Crippen molar-refractivity contribution in [3.8, 4) is 0 Å². The van der Waals surface area contributed by atoms with Gasteiger partial charge in [0.15, 0.2) is 0 Å². The quantitative estimate of drug-likeness (QED) is 0.0262. The molecule has 0 heterocycles. The summed E-state index contributed by atoms with van der Waals surface area (Å²) in [5.74, 6) is 0. The molecular formula is C75H162N3O4P. The van der Waals surface area contributed by atoms with Gasteiger partial charge in [-0.25, -0.2) is 4.57 Å². The molecule has 0 aromatic rings. The van der Waals surface area contributed by atoms with Crippen LogP contribution in [0.5, 0.6) is 0 Å². The van der Waals surface area contributed by atoms with Gasteiger partial charge in [0, 0.05) is 16.6 Å². The first-order valence-electron chi connectivity index (χ1n) is 38.2. The van der Waals surface area contributed by atoms with E-state index in [2.05, 4.69) is 62.3 Å². The van der Waals surface area contributed by atoms with E-state index >= 15 is 0 Å². The first-order chi connectivity index (χ1) is 40.0. The molecule has 0 rings (SSSR count). The minimum absolute atomic E-state index is 0.139. The zero-order valence-corrected chi connectivity index (χ0v) is 59.9. The molecule has 0 atom stereocenters. The van der Waals surface area contributed by atoms with Crippen molar-refractivity contribution in [2.24, 2.45) is 17.2 Å². The Balaban J connectivity index is -0.000000540. The normalized spacial score (nSPS) is 12.0. The molecule has 0 unspecified atom stereocenters. The van der Waals surface area contributed by atoms with Gasteiger partial charge in [0.05, 0.1) is 0 Å². The number of rotatable bonds is 63. The van der Waals surface area contributed by atoms with E-state index < -0.39 is 7.82 Å². The Kier molecular flexibility index (Phi) is 76.6. The smallest absolute Gasteiger partial charge is 0.325 e. The monoisotopic (exact) mass is 1200 g/mol. The Morgan fingerprint density at radius 1 is 0.193 bits per heavy atom. The summed E-state index contributed by atoms with van der Waals surface area (Å²) in [5.41, 5.74) is 21.2. The van der Waals surface area contributed by atoms with Crippen molar-refractivity contribution < 1.29 is 19.2 Å². The highest BCUT2D eigenvalue weighted by molar-refractivity contribution is 7.45. The van der Waals surface area contributed by atoms with Crippen LogP contribution in [0.15, 0.2) is 0 Å². The van der Waals surface area contributed by atoms with Gasteiger partial charge < -0.3 is 31.9 Å². The van der Waals surface area contributed by atoms with E-state index in [4.69, 9.17) is 36.4 Å². The van der Waals surface area contributed by atoms with Gasteiger partial charge in [0.25, 0.3) is 0 Å². The molecule has 0 fully saturated rings. The van der Waals surface area contributed by atoms with Gasteiger partial charge in [-0.15, -0.1) is 0 Å².